The first-order chi connectivity index (χ1) is 15.4. The number of ether oxygens (including phenoxy) is 2. The molecule has 2 aromatic rings. The average Bonchev–Trinajstić information content (AvgIpc) is 2.79. The molecule has 172 valence electrons. The normalized spacial score (nSPS) is 13.4. The van der Waals surface area contributed by atoms with Crippen LogP contribution in [0.3, 0.4) is 0 Å². The van der Waals surface area contributed by atoms with Crippen LogP contribution in [0, 0.1) is 0 Å². The lowest BCUT2D eigenvalue weighted by Gasteiger charge is -2.31. The molecule has 1 aliphatic rings. The third-order valence-corrected chi connectivity index (χ3v) is 6.05. The van der Waals surface area contributed by atoms with Crippen LogP contribution in [0.15, 0.2) is 36.4 Å². The predicted molar refractivity (Wildman–Crippen MR) is 126 cm³/mol. The molecule has 0 fully saturated rings. The molecule has 0 saturated heterocycles. The number of likely N-dealkylation sites (N-methyl/N-ethyl adjacent to an activating group) is 1. The van der Waals surface area contributed by atoms with Crippen molar-refractivity contribution in [1.82, 2.24) is 10.2 Å². The number of aryl methyl sites for hydroxylation is 1. The molecular formula is C24H28Cl2N2O4. The number of nitrogens with one attached hydrogen (secondary N) is 1. The van der Waals surface area contributed by atoms with Gasteiger partial charge < -0.3 is 19.7 Å². The van der Waals surface area contributed by atoms with Crippen molar-refractivity contribution in [3.63, 3.8) is 0 Å². The molecule has 1 atom stereocenters. The minimum Gasteiger partial charge on any atom is -0.486 e. The Balaban J connectivity index is 1.77. The molecule has 0 aliphatic carbocycles. The lowest BCUT2D eigenvalue weighted by atomic mass is 10.1. The number of benzene rings is 2. The second kappa shape index (κ2) is 11.4. The van der Waals surface area contributed by atoms with E-state index in [9.17, 15) is 9.59 Å². The second-order valence-electron chi connectivity index (χ2n) is 7.57. The number of hydrogen-bond acceptors (Lipinski definition) is 4. The molecule has 0 bridgehead atoms. The molecule has 6 nitrogen and oxygen atoms in total. The Kier molecular flexibility index (Phi) is 8.65. The van der Waals surface area contributed by atoms with E-state index < -0.39 is 6.04 Å². The number of amides is 2. The van der Waals surface area contributed by atoms with Gasteiger partial charge in [-0.2, -0.15) is 0 Å². The van der Waals surface area contributed by atoms with Crippen molar-refractivity contribution in [1.29, 1.82) is 0 Å². The maximum Gasteiger partial charge on any atom is 0.242 e. The van der Waals surface area contributed by atoms with Gasteiger partial charge in [-0.1, -0.05) is 42.3 Å². The molecule has 0 aromatic heterocycles. The van der Waals surface area contributed by atoms with Crippen molar-refractivity contribution in [2.75, 3.05) is 19.8 Å². The van der Waals surface area contributed by atoms with Crippen molar-refractivity contribution in [3.8, 4) is 11.5 Å². The van der Waals surface area contributed by atoms with Crippen LogP contribution in [-0.2, 0) is 22.6 Å². The smallest absolute Gasteiger partial charge is 0.242 e. The lowest BCUT2D eigenvalue weighted by Crippen LogP contribution is -2.49. The molecule has 32 heavy (non-hydrogen) atoms. The Labute approximate surface area is 198 Å². The molecule has 0 spiro atoms. The zero-order valence-corrected chi connectivity index (χ0v) is 19.8. The number of hydrogen-bond donors (Lipinski definition) is 1. The summed E-state index contributed by atoms with van der Waals surface area (Å²) < 4.78 is 11.2. The van der Waals surface area contributed by atoms with Gasteiger partial charge in [0, 0.05) is 19.5 Å². The van der Waals surface area contributed by atoms with E-state index in [0.717, 1.165) is 16.9 Å². The van der Waals surface area contributed by atoms with E-state index in [4.69, 9.17) is 32.7 Å². The number of carbonyl (C=O) groups excluding carboxylic acids is 2. The van der Waals surface area contributed by atoms with Crippen LogP contribution in [0.25, 0.3) is 0 Å². The Morgan fingerprint density at radius 3 is 2.41 bits per heavy atom. The maximum atomic E-state index is 13.3. The number of carbonyl (C=O) groups is 2. The average molecular weight is 479 g/mol. The summed E-state index contributed by atoms with van der Waals surface area (Å²) in [7, 11) is 0. The molecule has 1 heterocycles. The van der Waals surface area contributed by atoms with Gasteiger partial charge in [-0.15, -0.1) is 0 Å². The standard InChI is InChI=1S/C24H28Cl2N2O4/c1-3-20(24(30)27-4-2)28(15-17-5-8-18(25)19(26)13-17)23(29)10-7-16-6-9-21-22(14-16)32-12-11-31-21/h5-6,8-9,13-14,20H,3-4,7,10-12,15H2,1-2H3,(H,27,30)/t20-/m1/s1. The number of nitrogens with zero attached hydrogens (tertiary/aromatic N) is 1. The van der Waals surface area contributed by atoms with E-state index in [0.29, 0.717) is 48.4 Å². The first-order valence-corrected chi connectivity index (χ1v) is 11.6. The van der Waals surface area contributed by atoms with Gasteiger partial charge in [0.1, 0.15) is 19.3 Å². The topological polar surface area (TPSA) is 67.9 Å². The second-order valence-corrected chi connectivity index (χ2v) is 8.38. The monoisotopic (exact) mass is 478 g/mol. The van der Waals surface area contributed by atoms with Crippen LogP contribution < -0.4 is 14.8 Å². The Morgan fingerprint density at radius 1 is 1.00 bits per heavy atom. The fraction of sp³-hybridized carbons (Fsp3) is 0.417. The number of rotatable bonds is 9. The highest BCUT2D eigenvalue weighted by molar-refractivity contribution is 6.42. The van der Waals surface area contributed by atoms with E-state index in [1.165, 1.54) is 0 Å². The summed E-state index contributed by atoms with van der Waals surface area (Å²) in [5, 5.41) is 3.70. The van der Waals surface area contributed by atoms with Crippen molar-refractivity contribution in [3.05, 3.63) is 57.6 Å². The Morgan fingerprint density at radius 2 is 1.72 bits per heavy atom. The molecule has 1 N–H and O–H groups in total. The third kappa shape index (κ3) is 6.08. The van der Waals surface area contributed by atoms with Crippen LogP contribution in [0.2, 0.25) is 10.0 Å². The fourth-order valence-electron chi connectivity index (χ4n) is 3.68. The summed E-state index contributed by atoms with van der Waals surface area (Å²) in [5.74, 6) is 1.14. The Hall–Kier alpha value is -2.44. The molecule has 1 aliphatic heterocycles. The van der Waals surface area contributed by atoms with Crippen LogP contribution in [0.4, 0.5) is 0 Å². The zero-order chi connectivity index (χ0) is 23.1. The molecule has 0 unspecified atom stereocenters. The van der Waals surface area contributed by atoms with Crippen LogP contribution in [0.1, 0.15) is 37.8 Å². The van der Waals surface area contributed by atoms with E-state index in [-0.39, 0.29) is 24.8 Å². The summed E-state index contributed by atoms with van der Waals surface area (Å²) in [6, 6.07) is 10.4. The van der Waals surface area contributed by atoms with Gasteiger partial charge in [0.25, 0.3) is 0 Å². The zero-order valence-electron chi connectivity index (χ0n) is 18.3. The summed E-state index contributed by atoms with van der Waals surface area (Å²) in [6.45, 7) is 5.57. The van der Waals surface area contributed by atoms with E-state index in [2.05, 4.69) is 5.32 Å². The van der Waals surface area contributed by atoms with E-state index in [1.54, 1.807) is 17.0 Å². The van der Waals surface area contributed by atoms with Crippen LogP contribution >= 0.6 is 23.2 Å². The molecule has 8 heteroatoms. The fourth-order valence-corrected chi connectivity index (χ4v) is 4.01. The van der Waals surface area contributed by atoms with E-state index >= 15 is 0 Å². The van der Waals surface area contributed by atoms with Crippen LogP contribution in [0.5, 0.6) is 11.5 Å². The van der Waals surface area contributed by atoms with Gasteiger partial charge in [-0.25, -0.2) is 0 Å². The highest BCUT2D eigenvalue weighted by atomic mass is 35.5. The summed E-state index contributed by atoms with van der Waals surface area (Å²) in [5.41, 5.74) is 1.79. The van der Waals surface area contributed by atoms with Gasteiger partial charge in [-0.3, -0.25) is 9.59 Å². The first-order valence-electron chi connectivity index (χ1n) is 10.8. The Bertz CT molecular complexity index is 967. The van der Waals surface area contributed by atoms with Crippen molar-refractivity contribution in [2.45, 2.75) is 45.7 Å². The molecule has 3 rings (SSSR count). The van der Waals surface area contributed by atoms with Crippen molar-refractivity contribution >= 4 is 35.0 Å². The largest absolute Gasteiger partial charge is 0.486 e. The lowest BCUT2D eigenvalue weighted by molar-refractivity contribution is -0.141. The number of fused-ring (bicyclic) bond motifs is 1. The van der Waals surface area contributed by atoms with Gasteiger partial charge in [0.2, 0.25) is 11.8 Å². The quantitative estimate of drug-likeness (QED) is 0.569. The highest BCUT2D eigenvalue weighted by Crippen LogP contribution is 2.31. The highest BCUT2D eigenvalue weighted by Gasteiger charge is 2.28. The van der Waals surface area contributed by atoms with Gasteiger partial charge >= 0.3 is 0 Å². The van der Waals surface area contributed by atoms with Crippen molar-refractivity contribution in [2.24, 2.45) is 0 Å². The molecule has 0 radical (unpaired) electrons. The third-order valence-electron chi connectivity index (χ3n) is 5.31. The summed E-state index contributed by atoms with van der Waals surface area (Å²) >= 11 is 12.2. The predicted octanol–water partition coefficient (Wildman–Crippen LogP) is 4.64. The summed E-state index contributed by atoms with van der Waals surface area (Å²) in [4.78, 5) is 27.6. The van der Waals surface area contributed by atoms with Gasteiger partial charge in [0.15, 0.2) is 11.5 Å². The SMILES string of the molecule is CCNC(=O)[C@@H](CC)N(Cc1ccc(Cl)c(Cl)c1)C(=O)CCc1ccc2c(c1)OCCO2. The maximum absolute atomic E-state index is 13.3. The molecule has 2 amide bonds. The summed E-state index contributed by atoms with van der Waals surface area (Å²) in [6.07, 6.45) is 1.29. The minimum absolute atomic E-state index is 0.107. The molecular weight excluding hydrogens is 451 g/mol. The van der Waals surface area contributed by atoms with Crippen LogP contribution in [-0.4, -0.2) is 42.5 Å². The molecule has 0 saturated carbocycles. The van der Waals surface area contributed by atoms with Gasteiger partial charge in [-0.05, 0) is 55.2 Å². The minimum atomic E-state index is -0.572. The number of halogens is 2. The van der Waals surface area contributed by atoms with E-state index in [1.807, 2.05) is 38.1 Å². The van der Waals surface area contributed by atoms with Gasteiger partial charge in [0.05, 0.1) is 10.0 Å². The molecule has 2 aromatic carbocycles. The first kappa shape index (κ1) is 24.2. The van der Waals surface area contributed by atoms with Crippen molar-refractivity contribution < 1.29 is 19.1 Å².